The van der Waals surface area contributed by atoms with Crippen molar-refractivity contribution in [2.75, 3.05) is 0 Å². The second-order valence-corrected chi connectivity index (χ2v) is 33.5. The van der Waals surface area contributed by atoms with Crippen molar-refractivity contribution >= 4 is 182 Å². The van der Waals surface area contributed by atoms with E-state index < -0.39 is 0 Å². The Morgan fingerprint density at radius 2 is 0.453 bits per heavy atom. The van der Waals surface area contributed by atoms with E-state index in [0.717, 1.165) is 26.8 Å². The summed E-state index contributed by atoms with van der Waals surface area (Å²) in [6.45, 7) is 0. The van der Waals surface area contributed by atoms with Crippen LogP contribution < -0.4 is 0 Å². The molecule has 0 aliphatic rings. The minimum Gasteiger partial charge on any atom is -0.207 e. The highest BCUT2D eigenvalue weighted by Gasteiger charge is 2.15. The SMILES string of the molecule is Brc1cc(-c2ccc3c4ccccc4c4ccccc4c3c2)c2ccccc2c1.Brc1cc2c(-c3ccccc3)cccc2cc1-c1ccccc1.Brc1cc2c(ccc3ccccc32)cc1-c1ccccc1.Brc1cc2ccccc2cc1-c1ccccc1.Brc1ccc(-c2ccccc2-c2ccccc2)cc1.Fc1ccc(Br)cc1. The molecule has 0 atom stereocenters. The summed E-state index contributed by atoms with van der Waals surface area (Å²) in [4.78, 5) is 0. The highest BCUT2D eigenvalue weighted by Crippen LogP contribution is 2.43. The van der Waals surface area contributed by atoms with Gasteiger partial charge >= 0.3 is 0 Å². The Hall–Kier alpha value is -11.5. The Morgan fingerprint density at radius 3 is 0.957 bits per heavy atom. The Bertz CT molecular complexity index is 6990. The van der Waals surface area contributed by atoms with Crippen LogP contribution in [0.5, 0.6) is 0 Å². The molecule has 0 nitrogen and oxygen atoms in total. The summed E-state index contributed by atoms with van der Waals surface area (Å²) in [5.41, 5.74) is 17.4. The van der Waals surface area contributed by atoms with Crippen LogP contribution in [0.2, 0.25) is 0 Å². The zero-order valence-corrected chi connectivity index (χ0v) is 72.8. The van der Waals surface area contributed by atoms with E-state index in [9.17, 15) is 4.39 Å². The highest BCUT2D eigenvalue weighted by atomic mass is 79.9. The monoisotopic (exact) mass is 1890 g/mol. The predicted octanol–water partition coefficient (Wildman–Crippen LogP) is 35.7. The van der Waals surface area contributed by atoms with Crippen molar-refractivity contribution in [3.8, 4) is 77.9 Å². The molecule has 0 N–H and O–H groups in total. The number of halogens is 7. The lowest BCUT2D eigenvalue weighted by atomic mass is 9.91. The van der Waals surface area contributed by atoms with E-state index in [1.165, 1.54) is 176 Å². The van der Waals surface area contributed by atoms with Gasteiger partial charge in [0.25, 0.3) is 0 Å². The molecule has 0 radical (unpaired) electrons. The van der Waals surface area contributed by atoms with E-state index in [1.54, 1.807) is 12.1 Å². The fourth-order valence-corrected chi connectivity index (χ4v) is 17.9. The number of hydrogen-bond acceptors (Lipinski definition) is 0. The number of fused-ring (bicyclic) bond motifs is 12. The van der Waals surface area contributed by atoms with Crippen LogP contribution in [0.25, 0.3) is 164 Å². The van der Waals surface area contributed by atoms with Crippen LogP contribution in [-0.4, -0.2) is 0 Å². The third-order valence-electron chi connectivity index (χ3n) is 20.8. The van der Waals surface area contributed by atoms with E-state index >= 15 is 0 Å². The molecule has 0 amide bonds. The lowest BCUT2D eigenvalue weighted by molar-refractivity contribution is 0.627. The summed E-state index contributed by atoms with van der Waals surface area (Å²) in [6, 6.07) is 154. The molecule has 21 aromatic carbocycles. The Kier molecular flexibility index (Phi) is 25.5. The van der Waals surface area contributed by atoms with E-state index in [2.05, 4.69) is 490 Å². The lowest BCUT2D eigenvalue weighted by Crippen LogP contribution is -1.86. The molecule has 0 bridgehead atoms. The number of benzene rings is 21. The van der Waals surface area contributed by atoms with Gasteiger partial charge in [-0.25, -0.2) is 4.39 Å². The van der Waals surface area contributed by atoms with E-state index in [1.807, 2.05) is 24.3 Å². The molecule has 0 aromatic heterocycles. The minimum atomic E-state index is -0.201. The maximum Gasteiger partial charge on any atom is 0.123 e. The molecule has 562 valence electrons. The normalized spacial score (nSPS) is 10.9. The van der Waals surface area contributed by atoms with Gasteiger partial charge in [-0.3, -0.25) is 0 Å². The van der Waals surface area contributed by atoms with Crippen molar-refractivity contribution in [2.24, 2.45) is 0 Å². The van der Waals surface area contributed by atoms with Gasteiger partial charge < -0.3 is 0 Å². The molecule has 0 unspecified atom stereocenters. The summed E-state index contributed by atoms with van der Waals surface area (Å²) >= 11 is 21.5. The molecule has 0 aliphatic heterocycles. The van der Waals surface area contributed by atoms with E-state index in [4.69, 9.17) is 0 Å². The summed E-state index contributed by atoms with van der Waals surface area (Å²) in [7, 11) is 0. The zero-order chi connectivity index (χ0) is 80.0. The summed E-state index contributed by atoms with van der Waals surface area (Å²) < 4.78 is 18.6. The van der Waals surface area contributed by atoms with Crippen LogP contribution in [0.1, 0.15) is 0 Å². The van der Waals surface area contributed by atoms with Gasteiger partial charge in [-0.15, -0.1) is 0 Å². The van der Waals surface area contributed by atoms with Crippen molar-refractivity contribution in [3.05, 3.63) is 475 Å². The van der Waals surface area contributed by atoms with Gasteiger partial charge in [0.05, 0.1) is 0 Å². The second-order valence-electron chi connectivity index (χ2n) is 28.2. The van der Waals surface area contributed by atoms with E-state index in [0.29, 0.717) is 0 Å². The first-order valence-corrected chi connectivity index (χ1v) is 43.3. The fourth-order valence-electron chi connectivity index (χ4n) is 15.2. The second kappa shape index (κ2) is 37.6. The highest BCUT2D eigenvalue weighted by molar-refractivity contribution is 9.11. The molecular weight excluding hydrogens is 1820 g/mol. The molecule has 0 spiro atoms. The molecule has 0 fully saturated rings. The molecule has 0 aliphatic carbocycles. The summed E-state index contributed by atoms with van der Waals surface area (Å²) in [5, 5.41) is 20.6. The van der Waals surface area contributed by atoms with Crippen LogP contribution >= 0.6 is 95.6 Å². The van der Waals surface area contributed by atoms with Crippen LogP contribution in [0, 0.1) is 5.82 Å². The van der Waals surface area contributed by atoms with Gasteiger partial charge in [0.1, 0.15) is 5.82 Å². The quantitative estimate of drug-likeness (QED) is 0.140. The number of hydrogen-bond donors (Lipinski definition) is 0. The van der Waals surface area contributed by atoms with Crippen LogP contribution in [0.4, 0.5) is 4.39 Å². The zero-order valence-electron chi connectivity index (χ0n) is 63.3. The maximum absolute atomic E-state index is 12.1. The first kappa shape index (κ1) is 79.4. The molecule has 21 aromatic rings. The van der Waals surface area contributed by atoms with Crippen LogP contribution in [0.3, 0.4) is 0 Å². The molecular formula is C110H73Br6F. The molecule has 0 saturated carbocycles. The number of rotatable bonds is 7. The maximum atomic E-state index is 12.1. The average molecular weight is 1890 g/mol. The van der Waals surface area contributed by atoms with E-state index in [-0.39, 0.29) is 5.82 Å². The standard InChI is InChI=1S/C28H17Br.C22H15Br.C20H13Br.C18H13Br.C16H11Br.C6H4BrF/c29-20-15-18-7-1-2-8-21(18)27(17-20)19-13-14-26-24-11-4-3-9-22(24)23-10-5-6-12-25(23)28(26)16-19;23-22-15-20-18(14-21(22)17-10-5-2-6-11-17)12-7-13-19(20)16-8-3-1-4-9-16;21-20-13-18-16(11-10-15-8-4-5-9-17(15)18)12-19(20)14-6-2-1-3-7-14;19-16-12-10-15(11-13-16)18-9-5-4-8-17(18)14-6-2-1-3-7-14;17-16-11-14-9-5-4-8-13(14)10-15(16)12-6-2-1-3-7-12;7-5-1-3-6(8)4-2-5/h1-17H;1-15H;1-13H;1-13H;1-11H;1-4H. The molecule has 7 heteroatoms. The first-order valence-electron chi connectivity index (χ1n) is 38.5. The fraction of sp³-hybridized carbons (Fsp3) is 0. The molecule has 0 saturated heterocycles. The van der Waals surface area contributed by atoms with Gasteiger partial charge in [-0.1, -0.05) is 447 Å². The van der Waals surface area contributed by atoms with Gasteiger partial charge in [0.2, 0.25) is 0 Å². The Morgan fingerprint density at radius 1 is 0.137 bits per heavy atom. The van der Waals surface area contributed by atoms with Crippen LogP contribution in [0.15, 0.2) is 470 Å². The van der Waals surface area contributed by atoms with Gasteiger partial charge in [-0.2, -0.15) is 0 Å². The lowest BCUT2D eigenvalue weighted by Gasteiger charge is -2.13. The van der Waals surface area contributed by atoms with Crippen molar-refractivity contribution in [3.63, 3.8) is 0 Å². The van der Waals surface area contributed by atoms with Crippen molar-refractivity contribution < 1.29 is 4.39 Å². The Labute approximate surface area is 732 Å². The largest absolute Gasteiger partial charge is 0.207 e. The van der Waals surface area contributed by atoms with Gasteiger partial charge in [0, 0.05) is 26.8 Å². The Balaban J connectivity index is 0.000000108. The van der Waals surface area contributed by atoms with Crippen molar-refractivity contribution in [1.29, 1.82) is 0 Å². The first-order chi connectivity index (χ1) is 57.4. The molecule has 0 heterocycles. The predicted molar refractivity (Wildman–Crippen MR) is 523 cm³/mol. The third kappa shape index (κ3) is 18.7. The van der Waals surface area contributed by atoms with Crippen LogP contribution in [-0.2, 0) is 0 Å². The minimum absolute atomic E-state index is 0.201. The summed E-state index contributed by atoms with van der Waals surface area (Å²) in [5.74, 6) is -0.201. The van der Waals surface area contributed by atoms with Gasteiger partial charge in [-0.05, 0) is 255 Å². The van der Waals surface area contributed by atoms with Crippen molar-refractivity contribution in [2.45, 2.75) is 0 Å². The molecule has 117 heavy (non-hydrogen) atoms. The topological polar surface area (TPSA) is 0 Å². The average Bonchev–Trinajstić information content (AvgIpc) is 0.741. The summed E-state index contributed by atoms with van der Waals surface area (Å²) in [6.07, 6.45) is 0. The van der Waals surface area contributed by atoms with Crippen molar-refractivity contribution in [1.82, 2.24) is 0 Å². The van der Waals surface area contributed by atoms with Gasteiger partial charge in [0.15, 0.2) is 0 Å². The third-order valence-corrected chi connectivity index (χ3v) is 24.3. The molecule has 21 rings (SSSR count). The smallest absolute Gasteiger partial charge is 0.123 e.